The molecule has 5 heteroatoms. The van der Waals surface area contributed by atoms with Crippen molar-refractivity contribution in [3.8, 4) is 11.5 Å². The van der Waals surface area contributed by atoms with Crippen LogP contribution < -0.4 is 14.8 Å². The first-order valence-electron chi connectivity index (χ1n) is 8.27. The summed E-state index contributed by atoms with van der Waals surface area (Å²) in [5, 5.41) is 3.55. The molecule has 4 nitrogen and oxygen atoms in total. The van der Waals surface area contributed by atoms with Crippen LogP contribution in [0.4, 0.5) is 5.69 Å². The first-order valence-corrected chi connectivity index (χ1v) is 8.65. The van der Waals surface area contributed by atoms with Gasteiger partial charge in [-0.15, -0.1) is 0 Å². The minimum absolute atomic E-state index is 0.111. The maximum Gasteiger partial charge on any atom is 0.265 e. The van der Waals surface area contributed by atoms with Crippen molar-refractivity contribution in [2.45, 2.75) is 46.8 Å². The number of anilines is 1. The molecule has 0 bridgehead atoms. The number of amides is 1. The van der Waals surface area contributed by atoms with E-state index < -0.39 is 6.10 Å². The van der Waals surface area contributed by atoms with E-state index >= 15 is 0 Å². The number of hydrogen-bond donors (Lipinski definition) is 1. The molecule has 0 heterocycles. The molecule has 2 aromatic rings. The van der Waals surface area contributed by atoms with Crippen molar-refractivity contribution in [1.29, 1.82) is 0 Å². The SMILES string of the molecule is Cc1cc(O[C@H](C)C(=O)Nc2ccc(OC(C)C)cc2)cc(C)c1Cl. The largest absolute Gasteiger partial charge is 0.491 e. The lowest BCUT2D eigenvalue weighted by Crippen LogP contribution is -2.30. The second-order valence-corrected chi connectivity index (χ2v) is 6.69. The van der Waals surface area contributed by atoms with Gasteiger partial charge in [0.05, 0.1) is 6.10 Å². The quantitative estimate of drug-likeness (QED) is 0.773. The molecule has 25 heavy (non-hydrogen) atoms. The molecule has 1 atom stereocenters. The molecule has 0 aromatic heterocycles. The average Bonchev–Trinajstić information content (AvgIpc) is 2.53. The molecule has 0 saturated heterocycles. The van der Waals surface area contributed by atoms with E-state index in [9.17, 15) is 4.79 Å². The zero-order chi connectivity index (χ0) is 18.6. The molecule has 0 radical (unpaired) electrons. The fourth-order valence-corrected chi connectivity index (χ4v) is 2.47. The Balaban J connectivity index is 1.98. The minimum Gasteiger partial charge on any atom is -0.491 e. The summed E-state index contributed by atoms with van der Waals surface area (Å²) >= 11 is 6.16. The van der Waals surface area contributed by atoms with Crippen molar-refractivity contribution in [3.05, 3.63) is 52.5 Å². The van der Waals surface area contributed by atoms with Crippen molar-refractivity contribution in [2.24, 2.45) is 0 Å². The molecule has 1 N–H and O–H groups in total. The highest BCUT2D eigenvalue weighted by molar-refractivity contribution is 6.32. The monoisotopic (exact) mass is 361 g/mol. The summed E-state index contributed by atoms with van der Waals surface area (Å²) in [6, 6.07) is 10.9. The highest BCUT2D eigenvalue weighted by Gasteiger charge is 2.16. The molecule has 134 valence electrons. The Hall–Kier alpha value is -2.20. The van der Waals surface area contributed by atoms with Gasteiger partial charge in [-0.25, -0.2) is 0 Å². The van der Waals surface area contributed by atoms with Gasteiger partial charge in [0.1, 0.15) is 11.5 Å². The number of nitrogens with one attached hydrogen (secondary N) is 1. The Morgan fingerprint density at radius 1 is 0.960 bits per heavy atom. The van der Waals surface area contributed by atoms with Crippen LogP contribution >= 0.6 is 11.6 Å². The summed E-state index contributed by atoms with van der Waals surface area (Å²) < 4.78 is 11.3. The van der Waals surface area contributed by atoms with Gasteiger partial charge in [0.2, 0.25) is 0 Å². The highest BCUT2D eigenvalue weighted by atomic mass is 35.5. The summed E-state index contributed by atoms with van der Waals surface area (Å²) in [6.45, 7) is 9.47. The molecule has 0 saturated carbocycles. The molecule has 2 aromatic carbocycles. The predicted molar refractivity (Wildman–Crippen MR) is 102 cm³/mol. The number of benzene rings is 2. The Labute approximate surface area is 154 Å². The average molecular weight is 362 g/mol. The third-order valence-corrected chi connectivity index (χ3v) is 4.18. The molecule has 0 unspecified atom stereocenters. The zero-order valence-electron chi connectivity index (χ0n) is 15.2. The lowest BCUT2D eigenvalue weighted by molar-refractivity contribution is -0.122. The van der Waals surface area contributed by atoms with E-state index in [1.165, 1.54) is 0 Å². The van der Waals surface area contributed by atoms with E-state index in [-0.39, 0.29) is 12.0 Å². The summed E-state index contributed by atoms with van der Waals surface area (Å²) in [5.41, 5.74) is 2.54. The van der Waals surface area contributed by atoms with Gasteiger partial charge >= 0.3 is 0 Å². The zero-order valence-corrected chi connectivity index (χ0v) is 16.0. The van der Waals surface area contributed by atoms with Crippen molar-refractivity contribution in [1.82, 2.24) is 0 Å². The molecule has 0 aliphatic heterocycles. The molecular weight excluding hydrogens is 338 g/mol. The molecule has 0 fully saturated rings. The summed E-state index contributed by atoms with van der Waals surface area (Å²) in [4.78, 5) is 12.3. The number of carbonyl (C=O) groups is 1. The number of ether oxygens (including phenoxy) is 2. The van der Waals surface area contributed by atoms with Crippen LogP contribution in [0.15, 0.2) is 36.4 Å². The number of aryl methyl sites for hydroxylation is 2. The second-order valence-electron chi connectivity index (χ2n) is 6.31. The number of carbonyl (C=O) groups excluding carboxylic acids is 1. The summed E-state index contributed by atoms with van der Waals surface area (Å²) in [6.07, 6.45) is -0.522. The fraction of sp³-hybridized carbons (Fsp3) is 0.350. The Kier molecular flexibility index (Phi) is 6.32. The van der Waals surface area contributed by atoms with Gasteiger partial charge in [-0.3, -0.25) is 4.79 Å². The maximum absolute atomic E-state index is 12.3. The Morgan fingerprint density at radius 3 is 2.04 bits per heavy atom. The van der Waals surface area contributed by atoms with E-state index in [0.29, 0.717) is 16.5 Å². The van der Waals surface area contributed by atoms with Gasteiger partial charge < -0.3 is 14.8 Å². The smallest absolute Gasteiger partial charge is 0.265 e. The van der Waals surface area contributed by atoms with Crippen LogP contribution in [0.1, 0.15) is 31.9 Å². The Bertz CT molecular complexity index is 718. The van der Waals surface area contributed by atoms with E-state index in [0.717, 1.165) is 16.9 Å². The Morgan fingerprint density at radius 2 is 1.52 bits per heavy atom. The van der Waals surface area contributed by atoms with Gasteiger partial charge in [0, 0.05) is 10.7 Å². The van der Waals surface area contributed by atoms with Gasteiger partial charge in [-0.2, -0.15) is 0 Å². The molecular formula is C20H24ClNO3. The highest BCUT2D eigenvalue weighted by Crippen LogP contribution is 2.26. The third-order valence-electron chi connectivity index (χ3n) is 3.59. The van der Waals surface area contributed by atoms with Crippen molar-refractivity contribution < 1.29 is 14.3 Å². The third kappa shape index (κ3) is 5.40. The van der Waals surface area contributed by atoms with Crippen molar-refractivity contribution >= 4 is 23.2 Å². The normalized spacial score (nSPS) is 12.0. The molecule has 0 spiro atoms. The standard InChI is InChI=1S/C20H24ClNO3/c1-12(2)24-17-8-6-16(7-9-17)22-20(23)15(5)25-18-10-13(3)19(21)14(4)11-18/h6-12,15H,1-5H3,(H,22,23)/t15-/m1/s1. The van der Waals surface area contributed by atoms with Gasteiger partial charge in [-0.1, -0.05) is 11.6 Å². The van der Waals surface area contributed by atoms with E-state index in [4.69, 9.17) is 21.1 Å². The first-order chi connectivity index (χ1) is 11.8. The molecule has 0 aliphatic carbocycles. The van der Waals surface area contributed by atoms with Gasteiger partial charge in [-0.05, 0) is 82.1 Å². The fourth-order valence-electron chi connectivity index (χ4n) is 2.36. The number of halogens is 1. The predicted octanol–water partition coefficient (Wildman–Crippen LogP) is 5.15. The number of hydrogen-bond acceptors (Lipinski definition) is 3. The van der Waals surface area contributed by atoms with Crippen molar-refractivity contribution in [2.75, 3.05) is 5.32 Å². The maximum atomic E-state index is 12.3. The first kappa shape index (κ1) is 19.1. The van der Waals surface area contributed by atoms with E-state index in [2.05, 4.69) is 5.32 Å². The van der Waals surface area contributed by atoms with Crippen LogP contribution in [-0.4, -0.2) is 18.1 Å². The van der Waals surface area contributed by atoms with Gasteiger partial charge in [0.25, 0.3) is 5.91 Å². The van der Waals surface area contributed by atoms with Crippen LogP contribution in [0.3, 0.4) is 0 Å². The number of rotatable bonds is 6. The minimum atomic E-state index is -0.633. The van der Waals surface area contributed by atoms with Crippen LogP contribution in [-0.2, 0) is 4.79 Å². The second kappa shape index (κ2) is 8.26. The topological polar surface area (TPSA) is 47.6 Å². The van der Waals surface area contributed by atoms with Crippen LogP contribution in [0.25, 0.3) is 0 Å². The molecule has 1 amide bonds. The van der Waals surface area contributed by atoms with Gasteiger partial charge in [0.15, 0.2) is 6.10 Å². The van der Waals surface area contributed by atoms with Crippen LogP contribution in [0.2, 0.25) is 5.02 Å². The summed E-state index contributed by atoms with van der Waals surface area (Å²) in [7, 11) is 0. The molecule has 0 aliphatic rings. The van der Waals surface area contributed by atoms with Crippen LogP contribution in [0.5, 0.6) is 11.5 Å². The lowest BCUT2D eigenvalue weighted by atomic mass is 10.1. The molecule has 2 rings (SSSR count). The van der Waals surface area contributed by atoms with E-state index in [1.807, 2.05) is 52.0 Å². The van der Waals surface area contributed by atoms with Crippen LogP contribution in [0, 0.1) is 13.8 Å². The summed E-state index contributed by atoms with van der Waals surface area (Å²) in [5.74, 6) is 1.18. The van der Waals surface area contributed by atoms with E-state index in [1.54, 1.807) is 19.1 Å². The lowest BCUT2D eigenvalue weighted by Gasteiger charge is -2.16. The van der Waals surface area contributed by atoms with Crippen molar-refractivity contribution in [3.63, 3.8) is 0 Å².